The van der Waals surface area contributed by atoms with Gasteiger partial charge in [-0.05, 0) is 62.9 Å². The molecule has 2 aliphatic heterocycles. The van der Waals surface area contributed by atoms with Crippen LogP contribution in [0.1, 0.15) is 32.1 Å². The number of nitrogens with one attached hydrogen (secondary N) is 1. The van der Waals surface area contributed by atoms with Crippen LogP contribution >= 0.6 is 0 Å². The first-order valence-corrected chi connectivity index (χ1v) is 9.83. The number of nitrogens with zero attached hydrogens (tertiary/aromatic N) is 3. The molecule has 2 aliphatic rings. The lowest BCUT2D eigenvalue weighted by Crippen LogP contribution is -2.51. The summed E-state index contributed by atoms with van der Waals surface area (Å²) in [6, 6.07) is 7.15. The van der Waals surface area contributed by atoms with Crippen molar-refractivity contribution < 1.29 is 9.21 Å². The third-order valence-electron chi connectivity index (χ3n) is 5.72. The summed E-state index contributed by atoms with van der Waals surface area (Å²) in [6.07, 6.45) is 7.71. The zero-order valence-electron chi connectivity index (χ0n) is 15.5. The number of piperidine rings is 2. The monoisotopic (exact) mass is 370 g/mol. The molecule has 7 nitrogen and oxygen atoms in total. The van der Waals surface area contributed by atoms with Gasteiger partial charge in [0, 0.05) is 18.7 Å². The third kappa shape index (κ3) is 4.13. The van der Waals surface area contributed by atoms with Gasteiger partial charge in [-0.15, -0.1) is 0 Å². The van der Waals surface area contributed by atoms with Gasteiger partial charge in [-0.1, -0.05) is 6.42 Å². The molecule has 7 heteroatoms. The number of carbonyl (C=O) groups is 1. The highest BCUT2D eigenvalue weighted by Crippen LogP contribution is 2.30. The molecule has 1 amide bonds. The highest BCUT2D eigenvalue weighted by atomic mass is 16.3. The van der Waals surface area contributed by atoms with Crippen molar-refractivity contribution in [3.05, 3.63) is 40.9 Å². The number of fused-ring (bicyclic) bond motifs is 1. The number of rotatable bonds is 5. The average molecular weight is 370 g/mol. The Morgan fingerprint density at radius 2 is 2.07 bits per heavy atom. The van der Waals surface area contributed by atoms with Gasteiger partial charge >= 0.3 is 0 Å². The molecule has 27 heavy (non-hydrogen) atoms. The lowest BCUT2D eigenvalue weighted by molar-refractivity contribution is -0.122. The maximum absolute atomic E-state index is 12.4. The van der Waals surface area contributed by atoms with Crippen LogP contribution in [0.4, 0.5) is 0 Å². The van der Waals surface area contributed by atoms with Crippen molar-refractivity contribution in [1.82, 2.24) is 20.0 Å². The van der Waals surface area contributed by atoms with Crippen molar-refractivity contribution in [3.8, 4) is 11.5 Å². The van der Waals surface area contributed by atoms with Crippen LogP contribution in [0.5, 0.6) is 0 Å². The Labute approximate surface area is 158 Å². The minimum absolute atomic E-state index is 0.0749. The smallest absolute Gasteiger partial charge is 0.267 e. The van der Waals surface area contributed by atoms with E-state index < -0.39 is 0 Å². The van der Waals surface area contributed by atoms with Gasteiger partial charge in [0.25, 0.3) is 5.56 Å². The summed E-state index contributed by atoms with van der Waals surface area (Å²) >= 11 is 0. The maximum atomic E-state index is 12.4. The van der Waals surface area contributed by atoms with Gasteiger partial charge in [0.15, 0.2) is 5.76 Å². The van der Waals surface area contributed by atoms with Crippen LogP contribution in [0.2, 0.25) is 0 Å². The highest BCUT2D eigenvalue weighted by Gasteiger charge is 2.32. The number of furan rings is 1. The molecule has 1 N–H and O–H groups in total. The minimum atomic E-state index is -0.295. The first kappa shape index (κ1) is 18.0. The topological polar surface area (TPSA) is 80.4 Å². The molecule has 2 fully saturated rings. The quantitative estimate of drug-likeness (QED) is 0.869. The van der Waals surface area contributed by atoms with Gasteiger partial charge in [-0.3, -0.25) is 9.59 Å². The van der Waals surface area contributed by atoms with E-state index in [-0.39, 0.29) is 18.0 Å². The maximum Gasteiger partial charge on any atom is 0.267 e. The number of carbonyl (C=O) groups excluding carboxylic acids is 1. The van der Waals surface area contributed by atoms with Crippen LogP contribution in [-0.4, -0.2) is 46.3 Å². The molecular weight excluding hydrogens is 344 g/mol. The van der Waals surface area contributed by atoms with E-state index in [9.17, 15) is 9.59 Å². The summed E-state index contributed by atoms with van der Waals surface area (Å²) in [7, 11) is 0. The van der Waals surface area contributed by atoms with Crippen LogP contribution in [0.3, 0.4) is 0 Å². The van der Waals surface area contributed by atoms with E-state index in [1.807, 2.05) is 0 Å². The van der Waals surface area contributed by atoms with E-state index >= 15 is 0 Å². The summed E-state index contributed by atoms with van der Waals surface area (Å²) in [5, 5.41) is 7.28. The summed E-state index contributed by atoms with van der Waals surface area (Å²) < 4.78 is 6.51. The van der Waals surface area contributed by atoms with Crippen LogP contribution < -0.4 is 10.9 Å². The number of hydrogen-bond acceptors (Lipinski definition) is 5. The summed E-state index contributed by atoms with van der Waals surface area (Å²) in [6.45, 7) is 2.98. The zero-order valence-corrected chi connectivity index (χ0v) is 15.5. The van der Waals surface area contributed by atoms with Gasteiger partial charge in [0.1, 0.15) is 12.2 Å². The molecule has 0 spiro atoms. The second-order valence-electron chi connectivity index (χ2n) is 7.50. The molecule has 4 heterocycles. The number of amides is 1. The highest BCUT2D eigenvalue weighted by molar-refractivity contribution is 5.75. The Bertz CT molecular complexity index is 828. The predicted octanol–water partition coefficient (Wildman–Crippen LogP) is 1.88. The van der Waals surface area contributed by atoms with Gasteiger partial charge < -0.3 is 14.6 Å². The van der Waals surface area contributed by atoms with E-state index in [1.165, 1.54) is 49.5 Å². The first-order valence-electron chi connectivity index (χ1n) is 9.83. The molecule has 144 valence electrons. The largest absolute Gasteiger partial charge is 0.463 e. The third-order valence-corrected chi connectivity index (χ3v) is 5.72. The zero-order chi connectivity index (χ0) is 18.6. The van der Waals surface area contributed by atoms with Crippen molar-refractivity contribution in [1.29, 1.82) is 0 Å². The lowest BCUT2D eigenvalue weighted by atomic mass is 9.83. The van der Waals surface area contributed by atoms with E-state index in [0.717, 1.165) is 6.42 Å². The molecule has 0 aliphatic carbocycles. The Kier molecular flexibility index (Phi) is 5.38. The van der Waals surface area contributed by atoms with Gasteiger partial charge in [-0.25, -0.2) is 4.68 Å². The van der Waals surface area contributed by atoms with Crippen LogP contribution in [0, 0.1) is 5.92 Å². The Morgan fingerprint density at radius 1 is 1.19 bits per heavy atom. The second kappa shape index (κ2) is 8.08. The number of hydrogen-bond donors (Lipinski definition) is 1. The molecule has 0 radical (unpaired) electrons. The van der Waals surface area contributed by atoms with Gasteiger partial charge in [-0.2, -0.15) is 5.10 Å². The lowest BCUT2D eigenvalue weighted by Gasteiger charge is -2.44. The van der Waals surface area contributed by atoms with Crippen LogP contribution in [0.25, 0.3) is 11.5 Å². The molecule has 0 aromatic carbocycles. The van der Waals surface area contributed by atoms with Crippen molar-refractivity contribution >= 4 is 5.91 Å². The molecule has 0 unspecified atom stereocenters. The molecule has 2 saturated heterocycles. The molecule has 0 bridgehead atoms. The van der Waals surface area contributed by atoms with Crippen molar-refractivity contribution in [2.75, 3.05) is 19.6 Å². The molecule has 4 rings (SSSR count). The Balaban J connectivity index is 1.37. The molecular formula is C20H26N4O3. The van der Waals surface area contributed by atoms with Crippen LogP contribution in [-0.2, 0) is 11.3 Å². The SMILES string of the molecule is O=C(Cn1nc(-c2ccco2)ccc1=O)NC[C@@H]1CCCN2CCCC[C@H]12. The fraction of sp³-hybridized carbons (Fsp3) is 0.550. The van der Waals surface area contributed by atoms with E-state index in [0.29, 0.717) is 30.0 Å². The van der Waals surface area contributed by atoms with E-state index in [4.69, 9.17) is 4.42 Å². The Morgan fingerprint density at radius 3 is 2.93 bits per heavy atom. The van der Waals surface area contributed by atoms with Crippen molar-refractivity contribution in [3.63, 3.8) is 0 Å². The normalized spacial score (nSPS) is 23.0. The fourth-order valence-corrected chi connectivity index (χ4v) is 4.37. The summed E-state index contributed by atoms with van der Waals surface area (Å²) in [4.78, 5) is 27.1. The minimum Gasteiger partial charge on any atom is -0.463 e. The van der Waals surface area contributed by atoms with Gasteiger partial charge in [0.2, 0.25) is 5.91 Å². The summed E-state index contributed by atoms with van der Waals surface area (Å²) in [5.41, 5.74) is 0.245. The van der Waals surface area contributed by atoms with Crippen LogP contribution in [0.15, 0.2) is 39.7 Å². The van der Waals surface area contributed by atoms with Crippen molar-refractivity contribution in [2.24, 2.45) is 5.92 Å². The molecule has 2 aromatic heterocycles. The number of aromatic nitrogens is 2. The van der Waals surface area contributed by atoms with E-state index in [1.54, 1.807) is 24.5 Å². The van der Waals surface area contributed by atoms with E-state index in [2.05, 4.69) is 15.3 Å². The summed E-state index contributed by atoms with van der Waals surface area (Å²) in [5.74, 6) is 0.903. The predicted molar refractivity (Wildman–Crippen MR) is 101 cm³/mol. The Hall–Kier alpha value is -2.41. The average Bonchev–Trinajstić information content (AvgIpc) is 3.23. The van der Waals surface area contributed by atoms with Gasteiger partial charge in [0.05, 0.1) is 6.26 Å². The first-order chi connectivity index (χ1) is 13.2. The molecule has 0 saturated carbocycles. The second-order valence-corrected chi connectivity index (χ2v) is 7.50. The molecule has 2 atom stereocenters. The molecule has 2 aromatic rings. The fourth-order valence-electron chi connectivity index (χ4n) is 4.37. The standard InChI is InChI=1S/C20H26N4O3/c25-19(21-13-15-5-3-11-23-10-2-1-6-17(15)23)14-24-20(26)9-8-16(22-24)18-7-4-12-27-18/h4,7-9,12,15,17H,1-3,5-6,10-11,13-14H2,(H,21,25)/t15-,17+/m0/s1. The van der Waals surface area contributed by atoms with Crippen molar-refractivity contribution in [2.45, 2.75) is 44.7 Å².